The van der Waals surface area contributed by atoms with Gasteiger partial charge in [0.15, 0.2) is 0 Å². The average molecular weight is 744 g/mol. The average Bonchev–Trinajstić information content (AvgIpc) is 2.97. The predicted molar refractivity (Wildman–Crippen MR) is 218 cm³/mol. The lowest BCUT2D eigenvalue weighted by molar-refractivity contribution is 0.102. The van der Waals surface area contributed by atoms with Gasteiger partial charge in [-0.2, -0.15) is 0 Å². The molecule has 0 saturated carbocycles. The summed E-state index contributed by atoms with van der Waals surface area (Å²) < 4.78 is 0. The van der Waals surface area contributed by atoms with Crippen molar-refractivity contribution in [2.24, 2.45) is 0 Å². The molecule has 48 heavy (non-hydrogen) atoms. The van der Waals surface area contributed by atoms with E-state index in [2.05, 4.69) is 76.6 Å². The first-order valence-corrected chi connectivity index (χ1v) is 24.4. The van der Waals surface area contributed by atoms with E-state index in [1.807, 2.05) is 42.5 Å². The van der Waals surface area contributed by atoms with E-state index in [-0.39, 0.29) is 13.3 Å². The molecule has 0 aliphatic rings. The second kappa shape index (κ2) is 20.0. The Kier molecular flexibility index (Phi) is 17.9. The van der Waals surface area contributed by atoms with Gasteiger partial charge >= 0.3 is 0 Å². The number of halogens is 3. The summed E-state index contributed by atoms with van der Waals surface area (Å²) in [6.45, 7) is 18.8. The van der Waals surface area contributed by atoms with Crippen LogP contribution < -0.4 is 11.1 Å². The fraction of sp³-hybridized carbons (Fsp3) is 0.333. The fourth-order valence-electron chi connectivity index (χ4n) is 5.51. The molecule has 0 aromatic heterocycles. The highest BCUT2D eigenvalue weighted by Crippen LogP contribution is 2.32. The van der Waals surface area contributed by atoms with Gasteiger partial charge in [0, 0.05) is 27.5 Å². The molecular formula is C39H53Cl3N2O2Si2. The van der Waals surface area contributed by atoms with Gasteiger partial charge in [-0.25, -0.2) is 0 Å². The first-order valence-electron chi connectivity index (χ1n) is 15.8. The van der Waals surface area contributed by atoms with Crippen LogP contribution >= 0.6 is 34.8 Å². The molecule has 0 saturated heterocycles. The summed E-state index contributed by atoms with van der Waals surface area (Å²) in [4.78, 5) is 23.1. The Morgan fingerprint density at radius 1 is 0.646 bits per heavy atom. The molecule has 0 bridgehead atoms. The number of hydrogen-bond donors (Lipinski definition) is 2. The molecule has 4 aromatic carbocycles. The number of carbonyl (C=O) groups excluding carboxylic acids is 2. The van der Waals surface area contributed by atoms with Crippen LogP contribution in [0.25, 0.3) is 0 Å². The standard InChI is InChI=1S/C19H24ClNOSi.C12H21NSi.C7H4Cl2O.CH4/c1-14(13-23(2,3)4)15-9-6-8-12-18(15)21-19(22)16-10-5-7-11-17(16)20;1-10(9-14(2,3)4)11-7-5-6-8-12(11)13;8-6-4-2-1-3-5(6)7(9)10;/h5-12,14H,13H2,1-4H3,(H,21,22);5-8,10H,9,13H2,1-4H3;1-4H;1H4. The molecule has 0 fully saturated rings. The van der Waals surface area contributed by atoms with Crippen LogP contribution in [-0.4, -0.2) is 27.3 Å². The zero-order chi connectivity index (χ0) is 35.4. The first kappa shape index (κ1) is 43.1. The zero-order valence-electron chi connectivity index (χ0n) is 28.8. The normalized spacial score (nSPS) is 12.1. The van der Waals surface area contributed by atoms with E-state index in [0.717, 1.165) is 11.4 Å². The molecule has 0 heterocycles. The third-order valence-electron chi connectivity index (χ3n) is 7.31. The molecule has 0 aliphatic carbocycles. The topological polar surface area (TPSA) is 72.2 Å². The van der Waals surface area contributed by atoms with Crippen LogP contribution in [0.15, 0.2) is 97.1 Å². The predicted octanol–water partition coefficient (Wildman–Crippen LogP) is 13.1. The SMILES string of the molecule is C.CC(C[Si](C)(C)C)c1ccccc1N.CC(C[Si](C)(C)C)c1ccccc1NC(=O)c1ccccc1Cl.O=C(Cl)c1ccccc1Cl. The second-order valence-electron chi connectivity index (χ2n) is 14.2. The molecule has 1 amide bonds. The molecule has 4 rings (SSSR count). The monoisotopic (exact) mass is 742 g/mol. The smallest absolute Gasteiger partial charge is 0.257 e. The van der Waals surface area contributed by atoms with Crippen LogP contribution in [0.1, 0.15) is 65.0 Å². The maximum absolute atomic E-state index is 12.5. The minimum Gasteiger partial charge on any atom is -0.398 e. The van der Waals surface area contributed by atoms with Gasteiger partial charge in [0.05, 0.1) is 21.2 Å². The summed E-state index contributed by atoms with van der Waals surface area (Å²) in [5, 5.41) is 3.37. The van der Waals surface area contributed by atoms with Crippen molar-refractivity contribution >= 4 is 73.5 Å². The molecule has 4 aromatic rings. The van der Waals surface area contributed by atoms with Crippen molar-refractivity contribution in [3.8, 4) is 0 Å². The van der Waals surface area contributed by atoms with E-state index < -0.39 is 21.4 Å². The number of amides is 1. The molecule has 2 atom stereocenters. The van der Waals surface area contributed by atoms with Crippen molar-refractivity contribution < 1.29 is 9.59 Å². The minimum atomic E-state index is -1.17. The summed E-state index contributed by atoms with van der Waals surface area (Å²) in [7, 11) is -2.15. The summed E-state index contributed by atoms with van der Waals surface area (Å²) in [6.07, 6.45) is 0. The van der Waals surface area contributed by atoms with Crippen molar-refractivity contribution in [3.05, 3.63) is 129 Å². The van der Waals surface area contributed by atoms with E-state index in [9.17, 15) is 9.59 Å². The highest BCUT2D eigenvalue weighted by molar-refractivity contribution is 6.76. The number of nitrogens with two attached hydrogens (primary N) is 1. The number of benzene rings is 4. The van der Waals surface area contributed by atoms with E-state index in [1.54, 1.807) is 36.4 Å². The summed E-state index contributed by atoms with van der Waals surface area (Å²) >= 11 is 16.9. The van der Waals surface area contributed by atoms with Gasteiger partial charge in [-0.3, -0.25) is 9.59 Å². The highest BCUT2D eigenvalue weighted by Gasteiger charge is 2.22. The van der Waals surface area contributed by atoms with E-state index in [1.165, 1.54) is 23.2 Å². The van der Waals surface area contributed by atoms with Gasteiger partial charge in [-0.15, -0.1) is 0 Å². The van der Waals surface area contributed by atoms with Crippen LogP contribution in [-0.2, 0) is 0 Å². The largest absolute Gasteiger partial charge is 0.398 e. The summed E-state index contributed by atoms with van der Waals surface area (Å²) in [5.41, 5.74) is 11.1. The van der Waals surface area contributed by atoms with Gasteiger partial charge in [0.2, 0.25) is 0 Å². The first-order chi connectivity index (χ1) is 21.9. The third kappa shape index (κ3) is 15.1. The van der Waals surface area contributed by atoms with Crippen molar-refractivity contribution in [1.29, 1.82) is 0 Å². The Morgan fingerprint density at radius 2 is 1.04 bits per heavy atom. The second-order valence-corrected chi connectivity index (χ2v) is 26.5. The van der Waals surface area contributed by atoms with Crippen LogP contribution in [0, 0.1) is 0 Å². The molecule has 2 unspecified atom stereocenters. The third-order valence-corrected chi connectivity index (χ3v) is 11.8. The van der Waals surface area contributed by atoms with Gasteiger partial charge in [-0.1, -0.05) is 157 Å². The van der Waals surface area contributed by atoms with Crippen LogP contribution in [0.4, 0.5) is 11.4 Å². The number of rotatable bonds is 9. The lowest BCUT2D eigenvalue weighted by Gasteiger charge is -2.23. The van der Waals surface area contributed by atoms with Crippen molar-refractivity contribution in [3.63, 3.8) is 0 Å². The highest BCUT2D eigenvalue weighted by atomic mass is 35.5. The van der Waals surface area contributed by atoms with Crippen molar-refractivity contribution in [2.45, 2.75) is 84.5 Å². The zero-order valence-corrected chi connectivity index (χ0v) is 33.1. The molecular weight excluding hydrogens is 691 g/mol. The van der Waals surface area contributed by atoms with Crippen LogP contribution in [0.3, 0.4) is 0 Å². The molecule has 0 radical (unpaired) electrons. The number of anilines is 2. The molecule has 3 N–H and O–H groups in total. The molecule has 0 spiro atoms. The Balaban J connectivity index is 0.000000392. The number of nitrogens with one attached hydrogen (secondary N) is 1. The van der Waals surface area contributed by atoms with E-state index in [4.69, 9.17) is 40.5 Å². The van der Waals surface area contributed by atoms with Gasteiger partial charge in [-0.05, 0) is 71.0 Å². The number of carbonyl (C=O) groups is 2. The van der Waals surface area contributed by atoms with Crippen molar-refractivity contribution in [1.82, 2.24) is 0 Å². The summed E-state index contributed by atoms with van der Waals surface area (Å²) in [6, 6.07) is 32.5. The summed E-state index contributed by atoms with van der Waals surface area (Å²) in [5.74, 6) is 0.857. The molecule has 4 nitrogen and oxygen atoms in total. The maximum atomic E-state index is 12.5. The van der Waals surface area contributed by atoms with Gasteiger partial charge < -0.3 is 11.1 Å². The lowest BCUT2D eigenvalue weighted by Crippen LogP contribution is -2.22. The quantitative estimate of drug-likeness (QED) is 0.102. The van der Waals surface area contributed by atoms with Gasteiger partial charge in [0.25, 0.3) is 11.1 Å². The Labute approximate surface area is 306 Å². The van der Waals surface area contributed by atoms with E-state index >= 15 is 0 Å². The van der Waals surface area contributed by atoms with Crippen LogP contribution in [0.2, 0.25) is 61.4 Å². The number of nitrogen functional groups attached to an aromatic ring is 1. The van der Waals surface area contributed by atoms with Crippen LogP contribution in [0.5, 0.6) is 0 Å². The Hall–Kier alpha value is -2.88. The lowest BCUT2D eigenvalue weighted by atomic mass is 10.0. The Morgan fingerprint density at radius 3 is 1.48 bits per heavy atom. The Bertz CT molecular complexity index is 1620. The van der Waals surface area contributed by atoms with Crippen molar-refractivity contribution in [2.75, 3.05) is 11.1 Å². The number of hydrogen-bond acceptors (Lipinski definition) is 3. The maximum Gasteiger partial charge on any atom is 0.257 e. The van der Waals surface area contributed by atoms with Gasteiger partial charge in [0.1, 0.15) is 0 Å². The molecule has 0 aliphatic heterocycles. The molecule has 9 heteroatoms. The fourth-order valence-corrected chi connectivity index (χ4v) is 10.3. The number of para-hydroxylation sites is 2. The molecule has 260 valence electrons. The van der Waals surface area contributed by atoms with E-state index in [0.29, 0.717) is 33.0 Å². The minimum absolute atomic E-state index is 0.